The van der Waals surface area contributed by atoms with E-state index in [9.17, 15) is 21.8 Å². The van der Waals surface area contributed by atoms with E-state index in [1.807, 2.05) is 11.9 Å². The zero-order valence-electron chi connectivity index (χ0n) is 23.1. The van der Waals surface area contributed by atoms with Gasteiger partial charge >= 0.3 is 6.18 Å². The van der Waals surface area contributed by atoms with Crippen molar-refractivity contribution in [1.82, 2.24) is 4.90 Å². The molecule has 0 unspecified atom stereocenters. The number of ether oxygens (including phenoxy) is 2. The molecule has 2 aromatic carbocycles. The van der Waals surface area contributed by atoms with Crippen molar-refractivity contribution < 1.29 is 31.2 Å². The molecular formula is C29H32F4N4O3S2. The number of benzene rings is 2. The molecule has 42 heavy (non-hydrogen) atoms. The molecule has 1 aromatic heterocycles. The van der Waals surface area contributed by atoms with Crippen LogP contribution in [-0.2, 0) is 20.9 Å². The van der Waals surface area contributed by atoms with Gasteiger partial charge in [-0.05, 0) is 48.7 Å². The SMILES string of the molecule is COc1cc([S@](=N)(=O)C2COC2)ccc1NCC#Cc1sc2c(N[C@@H]3CCN(C)C[C@H]3F)cccc2c1CC(F)(F)F. The van der Waals surface area contributed by atoms with Crippen molar-refractivity contribution in [3.63, 3.8) is 0 Å². The smallest absolute Gasteiger partial charge is 0.393 e. The minimum atomic E-state index is -4.43. The van der Waals surface area contributed by atoms with Crippen molar-refractivity contribution in [2.24, 2.45) is 0 Å². The van der Waals surface area contributed by atoms with Gasteiger partial charge in [0.25, 0.3) is 0 Å². The fourth-order valence-electron chi connectivity index (χ4n) is 5.05. The number of anilines is 2. The maximum absolute atomic E-state index is 14.7. The molecule has 3 atom stereocenters. The third-order valence-electron chi connectivity index (χ3n) is 7.45. The van der Waals surface area contributed by atoms with Gasteiger partial charge in [-0.25, -0.2) is 13.4 Å². The number of methoxy groups -OCH3 is 1. The van der Waals surface area contributed by atoms with E-state index in [4.69, 9.17) is 14.3 Å². The number of thiophene rings is 1. The summed E-state index contributed by atoms with van der Waals surface area (Å²) in [6, 6.07) is 9.47. The van der Waals surface area contributed by atoms with Gasteiger partial charge in [-0.2, -0.15) is 13.2 Å². The molecule has 2 fully saturated rings. The summed E-state index contributed by atoms with van der Waals surface area (Å²) < 4.78 is 87.8. The van der Waals surface area contributed by atoms with Gasteiger partial charge in [0.15, 0.2) is 0 Å². The van der Waals surface area contributed by atoms with Gasteiger partial charge in [-0.15, -0.1) is 11.3 Å². The number of likely N-dealkylation sites (tertiary alicyclic amines) is 1. The van der Waals surface area contributed by atoms with Crippen LogP contribution in [0.1, 0.15) is 16.9 Å². The summed E-state index contributed by atoms with van der Waals surface area (Å²) in [5, 5.41) is 6.42. The fraction of sp³-hybridized carbons (Fsp3) is 0.448. The molecule has 0 aliphatic carbocycles. The Morgan fingerprint density at radius 3 is 2.69 bits per heavy atom. The van der Waals surface area contributed by atoms with Crippen LogP contribution in [0.5, 0.6) is 5.75 Å². The highest BCUT2D eigenvalue weighted by Gasteiger charge is 2.33. The number of halogens is 4. The van der Waals surface area contributed by atoms with Crippen LogP contribution in [0, 0.1) is 16.6 Å². The minimum absolute atomic E-state index is 0.103. The molecule has 3 heterocycles. The van der Waals surface area contributed by atoms with E-state index in [0.29, 0.717) is 49.9 Å². The number of hydrogen-bond acceptors (Lipinski definition) is 8. The average Bonchev–Trinajstić information content (AvgIpc) is 3.23. The van der Waals surface area contributed by atoms with E-state index in [1.165, 1.54) is 18.4 Å². The first-order chi connectivity index (χ1) is 20.0. The van der Waals surface area contributed by atoms with Gasteiger partial charge < -0.3 is 25.0 Å². The molecule has 2 saturated heterocycles. The second-order valence-corrected chi connectivity index (χ2v) is 13.8. The van der Waals surface area contributed by atoms with Crippen molar-refractivity contribution in [1.29, 1.82) is 4.78 Å². The first-order valence-electron chi connectivity index (χ1n) is 13.4. The molecule has 0 radical (unpaired) electrons. The van der Waals surface area contributed by atoms with Gasteiger partial charge in [-0.3, -0.25) is 0 Å². The second kappa shape index (κ2) is 12.3. The van der Waals surface area contributed by atoms with Crippen LogP contribution in [0.3, 0.4) is 0 Å². The minimum Gasteiger partial charge on any atom is -0.495 e. The number of nitrogens with one attached hydrogen (secondary N) is 3. The maximum atomic E-state index is 14.7. The Morgan fingerprint density at radius 1 is 1.24 bits per heavy atom. The molecule has 5 rings (SSSR count). The van der Waals surface area contributed by atoms with Crippen LogP contribution in [-0.4, -0.2) is 79.8 Å². The Balaban J connectivity index is 1.37. The van der Waals surface area contributed by atoms with Crippen molar-refractivity contribution >= 4 is 42.5 Å². The summed E-state index contributed by atoms with van der Waals surface area (Å²) in [6.07, 6.45) is -6.06. The predicted molar refractivity (Wildman–Crippen MR) is 158 cm³/mol. The molecule has 0 bridgehead atoms. The van der Waals surface area contributed by atoms with Crippen molar-refractivity contribution in [3.8, 4) is 17.6 Å². The van der Waals surface area contributed by atoms with Crippen LogP contribution in [0.25, 0.3) is 10.1 Å². The van der Waals surface area contributed by atoms with E-state index < -0.39 is 34.5 Å². The molecule has 0 spiro atoms. The Hall–Kier alpha value is -3.05. The summed E-state index contributed by atoms with van der Waals surface area (Å²) in [5.74, 6) is 6.20. The Kier molecular flexibility index (Phi) is 8.89. The summed E-state index contributed by atoms with van der Waals surface area (Å²) in [4.78, 5) is 2.56. The lowest BCUT2D eigenvalue weighted by atomic mass is 10.0. The van der Waals surface area contributed by atoms with Crippen LogP contribution in [0.2, 0.25) is 0 Å². The van der Waals surface area contributed by atoms with Gasteiger partial charge in [0, 0.05) is 13.1 Å². The number of hydrogen-bond donors (Lipinski definition) is 3. The predicted octanol–water partition coefficient (Wildman–Crippen LogP) is 5.74. The van der Waals surface area contributed by atoms with Gasteiger partial charge in [0.2, 0.25) is 0 Å². The molecule has 13 heteroatoms. The number of rotatable bonds is 8. The number of piperidine rings is 1. The third kappa shape index (κ3) is 6.62. The van der Waals surface area contributed by atoms with Crippen LogP contribution in [0.15, 0.2) is 41.3 Å². The molecule has 7 nitrogen and oxygen atoms in total. The quantitative estimate of drug-likeness (QED) is 0.219. The zero-order valence-corrected chi connectivity index (χ0v) is 24.8. The molecule has 226 valence electrons. The molecule has 2 aliphatic heterocycles. The van der Waals surface area contributed by atoms with E-state index in [2.05, 4.69) is 22.5 Å². The molecule has 3 N–H and O–H groups in total. The molecular weight excluding hydrogens is 592 g/mol. The largest absolute Gasteiger partial charge is 0.495 e. The van der Waals surface area contributed by atoms with Crippen LogP contribution >= 0.6 is 11.3 Å². The lowest BCUT2D eigenvalue weighted by Gasteiger charge is -2.33. The Labute approximate surface area is 246 Å². The normalized spacial score (nSPS) is 21.2. The maximum Gasteiger partial charge on any atom is 0.393 e. The lowest BCUT2D eigenvalue weighted by Crippen LogP contribution is -2.46. The standard InChI is InChI=1S/C29H32F4N4O3S2/c1-37-12-10-23(22(30)15-37)36-25-6-3-5-20-21(14-29(31,32)33)27(41-28(20)25)7-4-11-35-24-9-8-18(13-26(24)39-2)42(34,38)19-16-40-17-19/h3,5-6,8-9,13,19,22-23,34-36H,10-12,14-17H2,1-2H3/t22-,23-,42+/m1/s1. The third-order valence-corrected chi connectivity index (χ3v) is 10.8. The van der Waals surface area contributed by atoms with Crippen molar-refractivity contribution in [2.75, 3.05) is 57.6 Å². The van der Waals surface area contributed by atoms with Crippen LogP contribution in [0.4, 0.5) is 28.9 Å². The lowest BCUT2D eigenvalue weighted by molar-refractivity contribution is -0.126. The van der Waals surface area contributed by atoms with Crippen molar-refractivity contribution in [3.05, 3.63) is 46.8 Å². The van der Waals surface area contributed by atoms with Gasteiger partial charge in [0.05, 0.1) is 80.2 Å². The van der Waals surface area contributed by atoms with E-state index in [0.717, 1.165) is 6.54 Å². The first kappa shape index (κ1) is 30.4. The van der Waals surface area contributed by atoms with Crippen molar-refractivity contribution in [2.45, 2.75) is 41.4 Å². The Morgan fingerprint density at radius 2 is 2.02 bits per heavy atom. The highest BCUT2D eigenvalue weighted by Crippen LogP contribution is 2.39. The topological polar surface area (TPSA) is 86.7 Å². The number of alkyl halides is 4. The van der Waals surface area contributed by atoms with E-state index in [1.54, 1.807) is 36.4 Å². The summed E-state index contributed by atoms with van der Waals surface area (Å²) in [6.45, 7) is 1.69. The Bertz CT molecular complexity index is 1610. The molecule has 3 aromatic rings. The van der Waals surface area contributed by atoms with E-state index >= 15 is 0 Å². The number of fused-ring (bicyclic) bond motifs is 1. The van der Waals surface area contributed by atoms with Gasteiger partial charge in [-0.1, -0.05) is 24.0 Å². The molecule has 0 amide bonds. The first-order valence-corrected chi connectivity index (χ1v) is 15.9. The summed E-state index contributed by atoms with van der Waals surface area (Å²) >= 11 is 1.17. The van der Waals surface area contributed by atoms with E-state index in [-0.39, 0.29) is 30.6 Å². The summed E-state index contributed by atoms with van der Waals surface area (Å²) in [5.41, 5.74) is 1.26. The molecule has 2 aliphatic rings. The monoisotopic (exact) mass is 624 g/mol. The number of nitrogens with zero attached hydrogens (tertiary/aromatic N) is 1. The average molecular weight is 625 g/mol. The fourth-order valence-corrected chi connectivity index (χ4v) is 7.73. The van der Waals surface area contributed by atoms with Crippen LogP contribution < -0.4 is 15.4 Å². The summed E-state index contributed by atoms with van der Waals surface area (Å²) in [7, 11) is 0.272. The highest BCUT2D eigenvalue weighted by molar-refractivity contribution is 7.93. The second-order valence-electron chi connectivity index (χ2n) is 10.5. The van der Waals surface area contributed by atoms with Gasteiger partial charge in [0.1, 0.15) is 11.9 Å². The molecule has 0 saturated carbocycles. The highest BCUT2D eigenvalue weighted by atomic mass is 32.2. The zero-order chi connectivity index (χ0) is 30.1.